The van der Waals surface area contributed by atoms with Crippen LogP contribution in [0.3, 0.4) is 0 Å². The molecular weight excluding hydrogens is 270 g/mol. The van der Waals surface area contributed by atoms with Crippen molar-refractivity contribution >= 4 is 16.6 Å². The van der Waals surface area contributed by atoms with E-state index in [4.69, 9.17) is 8.85 Å². The zero-order valence-electron chi connectivity index (χ0n) is 14.4. The van der Waals surface area contributed by atoms with Gasteiger partial charge in [-0.15, -0.1) is 0 Å². The Morgan fingerprint density at radius 3 is 1.89 bits per heavy atom. The topological polar surface area (TPSA) is 30.5 Å². The smallest absolute Gasteiger partial charge is 0.348 e. The molecule has 0 amide bonds. The van der Waals surface area contributed by atoms with Gasteiger partial charge in [-0.1, -0.05) is 46.3 Å². The summed E-state index contributed by atoms with van der Waals surface area (Å²) in [6.45, 7) is 15.4. The highest BCUT2D eigenvalue weighted by Crippen LogP contribution is 2.39. The maximum atomic E-state index is 5.45. The zero-order chi connectivity index (χ0) is 15.2. The second kappa shape index (κ2) is 7.93. The minimum Gasteiger partial charge on any atom is -0.397 e. The number of nitrogens with one attached hydrogen (secondary N) is 1. The van der Waals surface area contributed by atoms with Crippen molar-refractivity contribution in [2.75, 3.05) is 26.9 Å². The van der Waals surface area contributed by atoms with Crippen LogP contribution < -0.4 is 5.32 Å². The van der Waals surface area contributed by atoms with Gasteiger partial charge >= 0.3 is 8.56 Å². The van der Waals surface area contributed by atoms with E-state index in [1.165, 1.54) is 18.9 Å². The van der Waals surface area contributed by atoms with E-state index in [2.05, 4.69) is 45.7 Å². The first-order valence-electron chi connectivity index (χ1n) is 7.39. The van der Waals surface area contributed by atoms with Crippen LogP contribution in [0.1, 0.15) is 33.6 Å². The molecule has 116 valence electrons. The third-order valence-electron chi connectivity index (χ3n) is 4.75. The fourth-order valence-electron chi connectivity index (χ4n) is 1.74. The lowest BCUT2D eigenvalue weighted by Gasteiger charge is -2.37. The van der Waals surface area contributed by atoms with Gasteiger partial charge in [0.05, 0.1) is 8.07 Å². The summed E-state index contributed by atoms with van der Waals surface area (Å²) in [7, 11) is 0.479. The molecule has 0 spiro atoms. The molecular formula is C14H35NO2Si2. The van der Waals surface area contributed by atoms with Crippen LogP contribution >= 0.6 is 0 Å². The largest absolute Gasteiger partial charge is 0.397 e. The van der Waals surface area contributed by atoms with E-state index in [0.717, 1.165) is 12.7 Å². The number of hydrogen-bond acceptors (Lipinski definition) is 3. The molecule has 0 radical (unpaired) electrons. The Bertz CT molecular complexity index is 248. The van der Waals surface area contributed by atoms with Crippen molar-refractivity contribution in [3.63, 3.8) is 0 Å². The van der Waals surface area contributed by atoms with E-state index in [-0.39, 0.29) is 0 Å². The van der Waals surface area contributed by atoms with Crippen LogP contribution in [0.2, 0.25) is 30.7 Å². The van der Waals surface area contributed by atoms with E-state index >= 15 is 0 Å². The van der Waals surface area contributed by atoms with Gasteiger partial charge in [0.25, 0.3) is 0 Å². The van der Waals surface area contributed by atoms with Crippen LogP contribution in [-0.2, 0) is 8.85 Å². The van der Waals surface area contributed by atoms with Gasteiger partial charge in [-0.25, -0.2) is 0 Å². The van der Waals surface area contributed by atoms with E-state index in [0.29, 0.717) is 5.04 Å². The van der Waals surface area contributed by atoms with Gasteiger partial charge in [0, 0.05) is 20.4 Å². The summed E-state index contributed by atoms with van der Waals surface area (Å²) in [5, 5.41) is 3.99. The molecule has 0 unspecified atom stereocenters. The van der Waals surface area contributed by atoms with Crippen molar-refractivity contribution in [2.24, 2.45) is 0 Å². The predicted molar refractivity (Wildman–Crippen MR) is 89.7 cm³/mol. The second-order valence-electron chi connectivity index (χ2n) is 7.31. The van der Waals surface area contributed by atoms with Crippen LogP contribution in [-0.4, -0.2) is 43.6 Å². The quantitative estimate of drug-likeness (QED) is 0.519. The maximum absolute atomic E-state index is 5.45. The maximum Gasteiger partial charge on any atom is 0.348 e. The third-order valence-corrected chi connectivity index (χ3v) is 13.0. The lowest BCUT2D eigenvalue weighted by atomic mass is 10.2. The Hall–Kier alpha value is 0.314. The molecule has 0 aliphatic heterocycles. The molecule has 5 heteroatoms. The average Bonchev–Trinajstić information content (AvgIpc) is 2.31. The van der Waals surface area contributed by atoms with E-state index in [1.54, 1.807) is 14.2 Å². The van der Waals surface area contributed by atoms with Crippen molar-refractivity contribution in [3.8, 4) is 0 Å². The Balaban J connectivity index is 3.78. The summed E-state index contributed by atoms with van der Waals surface area (Å²) in [5.74, 6) is 0. The standard InChI is InChI=1S/C14H35NO2Si2/c1-14(2,3)18(6,7)12-10-9-11-15-13-19(8,16-4)17-5/h15H,9-13H2,1-8H3. The first-order valence-corrected chi connectivity index (χ1v) is 13.1. The molecule has 0 saturated heterocycles. The van der Waals surface area contributed by atoms with Crippen molar-refractivity contribution in [2.45, 2.75) is 64.3 Å². The van der Waals surface area contributed by atoms with Gasteiger partial charge in [0.1, 0.15) is 0 Å². The van der Waals surface area contributed by atoms with Gasteiger partial charge in [-0.3, -0.25) is 0 Å². The fraction of sp³-hybridized carbons (Fsp3) is 1.00. The molecule has 0 fully saturated rings. The normalized spacial score (nSPS) is 13.9. The van der Waals surface area contributed by atoms with Gasteiger partial charge in [-0.2, -0.15) is 0 Å². The molecule has 19 heavy (non-hydrogen) atoms. The molecule has 0 aromatic heterocycles. The van der Waals surface area contributed by atoms with Crippen molar-refractivity contribution in [1.29, 1.82) is 0 Å². The molecule has 0 atom stereocenters. The first kappa shape index (κ1) is 19.3. The summed E-state index contributed by atoms with van der Waals surface area (Å²) >= 11 is 0. The third kappa shape index (κ3) is 7.04. The minimum atomic E-state index is -1.93. The lowest BCUT2D eigenvalue weighted by Crippen LogP contribution is -2.47. The molecule has 0 heterocycles. The number of hydrogen-bond donors (Lipinski definition) is 1. The number of unbranched alkanes of at least 4 members (excludes halogenated alkanes) is 1. The molecule has 1 N–H and O–H groups in total. The van der Waals surface area contributed by atoms with Crippen LogP contribution in [0.4, 0.5) is 0 Å². The fourth-order valence-corrected chi connectivity index (χ4v) is 4.71. The monoisotopic (exact) mass is 305 g/mol. The van der Waals surface area contributed by atoms with E-state index in [1.807, 2.05) is 0 Å². The predicted octanol–water partition coefficient (Wildman–Crippen LogP) is 3.77. The highest BCUT2D eigenvalue weighted by Gasteiger charge is 2.34. The Morgan fingerprint density at radius 1 is 0.947 bits per heavy atom. The zero-order valence-corrected chi connectivity index (χ0v) is 16.4. The first-order chi connectivity index (χ1) is 8.58. The van der Waals surface area contributed by atoms with Gasteiger partial charge in [0.2, 0.25) is 0 Å². The van der Waals surface area contributed by atoms with Crippen molar-refractivity contribution in [1.82, 2.24) is 5.32 Å². The Morgan fingerprint density at radius 2 is 1.47 bits per heavy atom. The van der Waals surface area contributed by atoms with Gasteiger partial charge < -0.3 is 14.2 Å². The van der Waals surface area contributed by atoms with Crippen molar-refractivity contribution < 1.29 is 8.85 Å². The SMILES string of the molecule is CO[Si](C)(CNCCCC[Si](C)(C)C(C)(C)C)OC. The summed E-state index contributed by atoms with van der Waals surface area (Å²) in [4.78, 5) is 0. The Labute approximate surface area is 122 Å². The average molecular weight is 306 g/mol. The molecule has 0 aromatic carbocycles. The highest BCUT2D eigenvalue weighted by atomic mass is 28.4. The minimum absolute atomic E-state index is 0.512. The molecule has 0 aliphatic carbocycles. The summed E-state index contributed by atoms with van der Waals surface area (Å²) < 4.78 is 10.9. The number of rotatable bonds is 9. The summed E-state index contributed by atoms with van der Waals surface area (Å²) in [6, 6.07) is 1.42. The molecule has 0 rings (SSSR count). The van der Waals surface area contributed by atoms with Gasteiger partial charge in [0.15, 0.2) is 0 Å². The summed E-state index contributed by atoms with van der Waals surface area (Å²) in [5.41, 5.74) is 0. The molecule has 3 nitrogen and oxygen atoms in total. The van der Waals surface area contributed by atoms with Crippen LogP contribution in [0, 0.1) is 0 Å². The van der Waals surface area contributed by atoms with Crippen molar-refractivity contribution in [3.05, 3.63) is 0 Å². The van der Waals surface area contributed by atoms with Gasteiger partial charge in [-0.05, 0) is 24.6 Å². The second-order valence-corrected chi connectivity index (χ2v) is 16.5. The highest BCUT2D eigenvalue weighted by molar-refractivity contribution is 6.80. The van der Waals surface area contributed by atoms with Crippen LogP contribution in [0.15, 0.2) is 0 Å². The molecule has 0 aliphatic rings. The Kier molecular flexibility index (Phi) is 8.06. The lowest BCUT2D eigenvalue weighted by molar-refractivity contribution is 0.247. The molecule has 0 aromatic rings. The summed E-state index contributed by atoms with van der Waals surface area (Å²) in [6.07, 6.45) is 3.46. The molecule has 0 bridgehead atoms. The van der Waals surface area contributed by atoms with E-state index in [9.17, 15) is 0 Å². The van der Waals surface area contributed by atoms with Crippen LogP contribution in [0.5, 0.6) is 0 Å². The van der Waals surface area contributed by atoms with E-state index < -0.39 is 16.6 Å². The molecule has 0 saturated carbocycles. The van der Waals surface area contributed by atoms with Crippen LogP contribution in [0.25, 0.3) is 0 Å².